The summed E-state index contributed by atoms with van der Waals surface area (Å²) in [7, 11) is 1.42. The number of hydrogen-bond donors (Lipinski definition) is 1. The Labute approximate surface area is 198 Å². The number of aliphatic hydroxyl groups is 1. The van der Waals surface area contributed by atoms with E-state index in [2.05, 4.69) is 20.8 Å². The van der Waals surface area contributed by atoms with Crippen LogP contribution in [-0.4, -0.2) is 42.1 Å². The van der Waals surface area contributed by atoms with Gasteiger partial charge in [-0.2, -0.15) is 0 Å². The second-order valence-corrected chi connectivity index (χ2v) is 12.0. The summed E-state index contributed by atoms with van der Waals surface area (Å²) in [5.41, 5.74) is -0.556. The third kappa shape index (κ3) is 3.94. The SMILES string of the molecule is COC(=O)CC[C@@H](C)[C@H]1CC[C@H]2[C@@H]3CC[C@@H]4C[C@H](OC(C)=O)CC[C@]4(C)[C@H]3C(=O)[C@@H](O)[C@]12C. The van der Waals surface area contributed by atoms with Gasteiger partial charge in [0.05, 0.1) is 7.11 Å². The van der Waals surface area contributed by atoms with Gasteiger partial charge in [-0.05, 0) is 86.4 Å². The summed E-state index contributed by atoms with van der Waals surface area (Å²) < 4.78 is 10.4. The molecule has 0 amide bonds. The van der Waals surface area contributed by atoms with Crippen molar-refractivity contribution in [2.75, 3.05) is 7.11 Å². The smallest absolute Gasteiger partial charge is 0.305 e. The number of hydrogen-bond acceptors (Lipinski definition) is 6. The number of Topliss-reactive ketones (excluding diaryl/α,β-unsaturated/α-hetero) is 1. The second-order valence-electron chi connectivity index (χ2n) is 12.0. The number of esters is 2. The van der Waals surface area contributed by atoms with E-state index in [-0.39, 0.29) is 47.0 Å². The Morgan fingerprint density at radius 3 is 2.55 bits per heavy atom. The fourth-order valence-corrected chi connectivity index (χ4v) is 8.96. The molecule has 4 aliphatic rings. The Hall–Kier alpha value is -1.43. The maximum absolute atomic E-state index is 13.9. The van der Waals surface area contributed by atoms with Crippen molar-refractivity contribution in [1.29, 1.82) is 0 Å². The van der Waals surface area contributed by atoms with E-state index in [1.54, 1.807) is 0 Å². The van der Waals surface area contributed by atoms with Crippen molar-refractivity contribution in [3.8, 4) is 0 Å². The zero-order chi connectivity index (χ0) is 24.1. The van der Waals surface area contributed by atoms with E-state index < -0.39 is 11.5 Å². The summed E-state index contributed by atoms with van der Waals surface area (Å²) in [4.78, 5) is 37.1. The Bertz CT molecular complexity index is 793. The van der Waals surface area contributed by atoms with Gasteiger partial charge in [0.15, 0.2) is 5.78 Å². The van der Waals surface area contributed by atoms with E-state index in [1.807, 2.05) is 0 Å². The van der Waals surface area contributed by atoms with Crippen molar-refractivity contribution in [2.24, 2.45) is 46.3 Å². The van der Waals surface area contributed by atoms with Crippen molar-refractivity contribution < 1.29 is 29.0 Å². The summed E-state index contributed by atoms with van der Waals surface area (Å²) >= 11 is 0. The van der Waals surface area contributed by atoms with Crippen molar-refractivity contribution in [3.05, 3.63) is 0 Å². The van der Waals surface area contributed by atoms with E-state index >= 15 is 0 Å². The second kappa shape index (κ2) is 8.98. The van der Waals surface area contributed by atoms with Crippen molar-refractivity contribution >= 4 is 17.7 Å². The molecule has 0 saturated heterocycles. The van der Waals surface area contributed by atoms with Crippen LogP contribution in [0.1, 0.15) is 85.5 Å². The first-order valence-electron chi connectivity index (χ1n) is 13.0. The van der Waals surface area contributed by atoms with Gasteiger partial charge in [-0.3, -0.25) is 14.4 Å². The van der Waals surface area contributed by atoms with Gasteiger partial charge in [0, 0.05) is 24.7 Å². The lowest BCUT2D eigenvalue weighted by atomic mass is 9.43. The molecule has 0 radical (unpaired) electrons. The summed E-state index contributed by atoms with van der Waals surface area (Å²) in [6, 6.07) is 0. The van der Waals surface area contributed by atoms with Crippen LogP contribution in [0.5, 0.6) is 0 Å². The van der Waals surface area contributed by atoms with Crippen LogP contribution in [0.2, 0.25) is 0 Å². The van der Waals surface area contributed by atoms with Crippen LogP contribution in [-0.2, 0) is 23.9 Å². The molecule has 4 saturated carbocycles. The van der Waals surface area contributed by atoms with E-state index in [9.17, 15) is 19.5 Å². The Kier molecular flexibility index (Phi) is 6.71. The molecule has 6 heteroatoms. The molecule has 6 nitrogen and oxygen atoms in total. The summed E-state index contributed by atoms with van der Waals surface area (Å²) in [5.74, 6) is 1.01. The number of carbonyl (C=O) groups excluding carboxylic acids is 3. The van der Waals surface area contributed by atoms with Crippen LogP contribution < -0.4 is 0 Å². The van der Waals surface area contributed by atoms with Gasteiger partial charge in [0.25, 0.3) is 0 Å². The highest BCUT2D eigenvalue weighted by atomic mass is 16.5. The number of ether oxygens (including phenoxy) is 2. The molecule has 0 aromatic rings. The number of fused-ring (bicyclic) bond motifs is 5. The number of rotatable bonds is 5. The number of aliphatic hydroxyl groups excluding tert-OH is 1. The first-order valence-corrected chi connectivity index (χ1v) is 13.0. The molecule has 0 aromatic heterocycles. The molecule has 10 atom stereocenters. The standard InChI is InChI=1S/C27H42O6/c1-15(6-11-22(29)32-5)20-9-10-21-19-8-7-17-14-18(33-16(2)28)12-13-26(17,3)23(19)24(30)25(31)27(20,21)4/h15,17-21,23,25,31H,6-14H2,1-5H3/t15-,17-,18-,19+,20-,21+,23-,25-,26+,27-/m1/s1. The molecule has 1 N–H and O–H groups in total. The predicted octanol–water partition coefficient (Wildman–Crippen LogP) is 4.32. The number of carbonyl (C=O) groups is 3. The molecule has 0 heterocycles. The summed E-state index contributed by atoms with van der Waals surface area (Å²) in [5, 5.41) is 11.6. The minimum atomic E-state index is -0.946. The third-order valence-corrected chi connectivity index (χ3v) is 10.6. The average molecular weight is 463 g/mol. The maximum Gasteiger partial charge on any atom is 0.305 e. The van der Waals surface area contributed by atoms with E-state index in [0.29, 0.717) is 24.2 Å². The Morgan fingerprint density at radius 1 is 1.15 bits per heavy atom. The van der Waals surface area contributed by atoms with E-state index in [1.165, 1.54) is 14.0 Å². The molecule has 4 fully saturated rings. The van der Waals surface area contributed by atoms with Crippen LogP contribution in [0.4, 0.5) is 0 Å². The highest BCUT2D eigenvalue weighted by Crippen LogP contribution is 2.67. The average Bonchev–Trinajstić information content (AvgIpc) is 3.13. The molecule has 33 heavy (non-hydrogen) atoms. The van der Waals surface area contributed by atoms with Crippen LogP contribution in [0.3, 0.4) is 0 Å². The summed E-state index contributed by atoms with van der Waals surface area (Å²) in [6.07, 6.45) is 6.76. The van der Waals surface area contributed by atoms with Gasteiger partial charge < -0.3 is 14.6 Å². The lowest BCUT2D eigenvalue weighted by Gasteiger charge is -2.61. The zero-order valence-corrected chi connectivity index (χ0v) is 21.0. The summed E-state index contributed by atoms with van der Waals surface area (Å²) in [6.45, 7) is 8.04. The molecule has 0 unspecified atom stereocenters. The molecule has 0 aliphatic heterocycles. The van der Waals surface area contributed by atoms with Gasteiger partial charge in [-0.15, -0.1) is 0 Å². The highest BCUT2D eigenvalue weighted by molar-refractivity contribution is 5.88. The highest BCUT2D eigenvalue weighted by Gasteiger charge is 2.67. The molecule has 0 spiro atoms. The fourth-order valence-electron chi connectivity index (χ4n) is 8.96. The van der Waals surface area contributed by atoms with Gasteiger partial charge >= 0.3 is 11.9 Å². The molecule has 0 bridgehead atoms. The maximum atomic E-state index is 13.9. The largest absolute Gasteiger partial charge is 0.469 e. The predicted molar refractivity (Wildman–Crippen MR) is 123 cm³/mol. The molecule has 186 valence electrons. The van der Waals surface area contributed by atoms with Crippen LogP contribution in [0.25, 0.3) is 0 Å². The molecular weight excluding hydrogens is 420 g/mol. The van der Waals surface area contributed by atoms with E-state index in [0.717, 1.165) is 51.4 Å². The fraction of sp³-hybridized carbons (Fsp3) is 0.889. The quantitative estimate of drug-likeness (QED) is 0.612. The van der Waals surface area contributed by atoms with Crippen molar-refractivity contribution in [1.82, 2.24) is 0 Å². The molecular formula is C27H42O6. The zero-order valence-electron chi connectivity index (χ0n) is 21.0. The van der Waals surface area contributed by atoms with Crippen LogP contribution in [0, 0.1) is 46.3 Å². The van der Waals surface area contributed by atoms with Gasteiger partial charge in [0.2, 0.25) is 0 Å². The number of ketones is 1. The van der Waals surface area contributed by atoms with E-state index in [4.69, 9.17) is 9.47 Å². The van der Waals surface area contributed by atoms with Gasteiger partial charge in [-0.25, -0.2) is 0 Å². The lowest BCUT2D eigenvalue weighted by molar-refractivity contribution is -0.188. The van der Waals surface area contributed by atoms with Crippen molar-refractivity contribution in [2.45, 2.75) is 97.7 Å². The van der Waals surface area contributed by atoms with Crippen LogP contribution >= 0.6 is 0 Å². The third-order valence-electron chi connectivity index (χ3n) is 10.6. The first-order chi connectivity index (χ1) is 15.5. The van der Waals surface area contributed by atoms with Gasteiger partial charge in [-0.1, -0.05) is 20.8 Å². The lowest BCUT2D eigenvalue weighted by Crippen LogP contribution is -2.63. The van der Waals surface area contributed by atoms with Gasteiger partial charge in [0.1, 0.15) is 12.2 Å². The van der Waals surface area contributed by atoms with Crippen molar-refractivity contribution in [3.63, 3.8) is 0 Å². The normalized spacial score (nSPS) is 45.4. The Morgan fingerprint density at radius 2 is 1.88 bits per heavy atom. The number of methoxy groups -OCH3 is 1. The molecule has 0 aromatic carbocycles. The molecule has 4 rings (SSSR count). The monoisotopic (exact) mass is 462 g/mol. The Balaban J connectivity index is 1.55. The topological polar surface area (TPSA) is 89.9 Å². The van der Waals surface area contributed by atoms with Crippen LogP contribution in [0.15, 0.2) is 0 Å². The molecule has 4 aliphatic carbocycles. The first kappa shape index (κ1) is 24.7. The minimum Gasteiger partial charge on any atom is -0.469 e. The minimum absolute atomic E-state index is 0.0440.